The van der Waals surface area contributed by atoms with Crippen LogP contribution in [0.15, 0.2) is 12.7 Å². The molecule has 0 aromatic heterocycles. The smallest absolute Gasteiger partial charge is 0.312 e. The second-order valence-electron chi connectivity index (χ2n) is 2.37. The molecular formula is C7H15O3P. The van der Waals surface area contributed by atoms with Crippen LogP contribution in [0.4, 0.5) is 0 Å². The van der Waals surface area contributed by atoms with E-state index in [4.69, 9.17) is 9.05 Å². The standard InChI is InChI=1S/C7H15O3P/c1-5-7(2)6-11(8,9-3)10-4/h5,7H,1,6H2,2-4H3/t7-/m1/s1. The van der Waals surface area contributed by atoms with Gasteiger partial charge in [-0.3, -0.25) is 4.57 Å². The molecule has 0 bridgehead atoms. The largest absolute Gasteiger partial charge is 0.330 e. The normalized spacial score (nSPS) is 14.5. The summed E-state index contributed by atoms with van der Waals surface area (Å²) < 4.78 is 20.9. The zero-order valence-corrected chi connectivity index (χ0v) is 8.14. The number of rotatable bonds is 5. The summed E-state index contributed by atoms with van der Waals surface area (Å²) in [4.78, 5) is 0. The predicted octanol–water partition coefficient (Wildman–Crippen LogP) is 2.29. The molecule has 3 nitrogen and oxygen atoms in total. The van der Waals surface area contributed by atoms with Crippen LogP contribution >= 0.6 is 7.60 Å². The third-order valence-corrected chi connectivity index (χ3v) is 3.61. The third kappa shape index (κ3) is 3.71. The molecule has 4 heteroatoms. The minimum Gasteiger partial charge on any atom is -0.312 e. The molecule has 0 unspecified atom stereocenters. The van der Waals surface area contributed by atoms with Gasteiger partial charge in [0.25, 0.3) is 0 Å². The summed E-state index contributed by atoms with van der Waals surface area (Å²) in [6.45, 7) is 5.50. The molecular weight excluding hydrogens is 163 g/mol. The Morgan fingerprint density at radius 3 is 2.27 bits per heavy atom. The second kappa shape index (κ2) is 4.70. The molecule has 0 rings (SSSR count). The van der Waals surface area contributed by atoms with Crippen LogP contribution in [0.3, 0.4) is 0 Å². The number of allylic oxidation sites excluding steroid dienone is 1. The Morgan fingerprint density at radius 2 is 2.00 bits per heavy atom. The van der Waals surface area contributed by atoms with Gasteiger partial charge >= 0.3 is 7.60 Å². The first-order valence-corrected chi connectivity index (χ1v) is 5.14. The van der Waals surface area contributed by atoms with E-state index in [1.165, 1.54) is 14.2 Å². The summed E-state index contributed by atoms with van der Waals surface area (Å²) in [5, 5.41) is 0. The molecule has 0 aliphatic heterocycles. The van der Waals surface area contributed by atoms with Gasteiger partial charge in [0.2, 0.25) is 0 Å². The summed E-state index contributed by atoms with van der Waals surface area (Å²) >= 11 is 0. The first-order chi connectivity index (χ1) is 5.08. The van der Waals surface area contributed by atoms with Crippen molar-refractivity contribution in [3.8, 4) is 0 Å². The Kier molecular flexibility index (Phi) is 4.66. The maximum absolute atomic E-state index is 11.4. The molecule has 0 aliphatic carbocycles. The van der Waals surface area contributed by atoms with Gasteiger partial charge in [-0.15, -0.1) is 6.58 Å². The lowest BCUT2D eigenvalue weighted by Gasteiger charge is -2.15. The van der Waals surface area contributed by atoms with Gasteiger partial charge in [-0.1, -0.05) is 13.0 Å². The van der Waals surface area contributed by atoms with Crippen molar-refractivity contribution in [3.05, 3.63) is 12.7 Å². The van der Waals surface area contributed by atoms with Crippen LogP contribution in [0.2, 0.25) is 0 Å². The summed E-state index contributed by atoms with van der Waals surface area (Å²) in [5.41, 5.74) is 0. The van der Waals surface area contributed by atoms with Gasteiger partial charge in [-0.05, 0) is 5.92 Å². The Morgan fingerprint density at radius 1 is 1.55 bits per heavy atom. The summed E-state index contributed by atoms with van der Waals surface area (Å²) in [5.74, 6) is 0.153. The summed E-state index contributed by atoms with van der Waals surface area (Å²) in [7, 11) is -0.0471. The molecule has 0 fully saturated rings. The van der Waals surface area contributed by atoms with E-state index in [1.54, 1.807) is 6.08 Å². The van der Waals surface area contributed by atoms with Crippen LogP contribution in [0.25, 0.3) is 0 Å². The van der Waals surface area contributed by atoms with E-state index in [9.17, 15) is 4.57 Å². The Labute approximate surface area is 67.9 Å². The number of hydrogen-bond acceptors (Lipinski definition) is 3. The average molecular weight is 178 g/mol. The first kappa shape index (κ1) is 10.9. The van der Waals surface area contributed by atoms with E-state index in [0.29, 0.717) is 6.16 Å². The summed E-state index contributed by atoms with van der Waals surface area (Å²) in [6, 6.07) is 0. The Balaban J connectivity index is 4.08. The highest BCUT2D eigenvalue weighted by atomic mass is 31.2. The molecule has 0 radical (unpaired) electrons. The van der Waals surface area contributed by atoms with Crippen LogP contribution in [-0.2, 0) is 13.6 Å². The highest BCUT2D eigenvalue weighted by Crippen LogP contribution is 2.47. The molecule has 0 aromatic rings. The topological polar surface area (TPSA) is 35.5 Å². The van der Waals surface area contributed by atoms with Gasteiger partial charge < -0.3 is 9.05 Å². The van der Waals surface area contributed by atoms with Crippen LogP contribution in [0, 0.1) is 5.92 Å². The lowest BCUT2D eigenvalue weighted by Crippen LogP contribution is -2.01. The van der Waals surface area contributed by atoms with E-state index < -0.39 is 7.60 Å². The second-order valence-corrected chi connectivity index (χ2v) is 4.69. The minimum atomic E-state index is -2.83. The molecule has 11 heavy (non-hydrogen) atoms. The molecule has 0 spiro atoms. The maximum Gasteiger partial charge on any atom is 0.330 e. The summed E-state index contributed by atoms with van der Waals surface area (Å²) in [6.07, 6.45) is 2.12. The van der Waals surface area contributed by atoms with Crippen molar-refractivity contribution in [2.45, 2.75) is 6.92 Å². The fraction of sp³-hybridized carbons (Fsp3) is 0.714. The van der Waals surface area contributed by atoms with Gasteiger partial charge in [0.15, 0.2) is 0 Å². The van der Waals surface area contributed by atoms with E-state index in [0.717, 1.165) is 0 Å². The van der Waals surface area contributed by atoms with Gasteiger partial charge in [-0.25, -0.2) is 0 Å². The van der Waals surface area contributed by atoms with E-state index in [-0.39, 0.29) is 5.92 Å². The van der Waals surface area contributed by atoms with Crippen molar-refractivity contribution in [2.24, 2.45) is 5.92 Å². The number of hydrogen-bond donors (Lipinski definition) is 0. The molecule has 0 N–H and O–H groups in total. The molecule has 0 saturated carbocycles. The van der Waals surface area contributed by atoms with Crippen LogP contribution in [-0.4, -0.2) is 20.4 Å². The van der Waals surface area contributed by atoms with Crippen molar-refractivity contribution in [1.82, 2.24) is 0 Å². The minimum absolute atomic E-state index is 0.153. The zero-order valence-electron chi connectivity index (χ0n) is 7.24. The van der Waals surface area contributed by atoms with Crippen LogP contribution in [0.1, 0.15) is 6.92 Å². The Bertz CT molecular complexity index is 159. The molecule has 66 valence electrons. The predicted molar refractivity (Wildman–Crippen MR) is 45.9 cm³/mol. The van der Waals surface area contributed by atoms with Crippen LogP contribution < -0.4 is 0 Å². The highest BCUT2D eigenvalue weighted by molar-refractivity contribution is 7.53. The van der Waals surface area contributed by atoms with Crippen molar-refractivity contribution >= 4 is 7.60 Å². The van der Waals surface area contributed by atoms with Gasteiger partial charge in [0, 0.05) is 14.2 Å². The maximum atomic E-state index is 11.4. The fourth-order valence-corrected chi connectivity index (χ4v) is 1.95. The van der Waals surface area contributed by atoms with Crippen molar-refractivity contribution in [1.29, 1.82) is 0 Å². The molecule has 1 atom stereocenters. The van der Waals surface area contributed by atoms with Crippen molar-refractivity contribution in [2.75, 3.05) is 20.4 Å². The monoisotopic (exact) mass is 178 g/mol. The molecule has 0 aliphatic rings. The lowest BCUT2D eigenvalue weighted by molar-refractivity contribution is 0.273. The molecule has 0 saturated heterocycles. The van der Waals surface area contributed by atoms with E-state index in [1.807, 2.05) is 6.92 Å². The quantitative estimate of drug-likeness (QED) is 0.478. The van der Waals surface area contributed by atoms with Crippen LogP contribution in [0.5, 0.6) is 0 Å². The van der Waals surface area contributed by atoms with E-state index >= 15 is 0 Å². The molecule has 0 heterocycles. The third-order valence-electron chi connectivity index (χ3n) is 1.47. The van der Waals surface area contributed by atoms with Crippen molar-refractivity contribution < 1.29 is 13.6 Å². The molecule has 0 aromatic carbocycles. The first-order valence-electron chi connectivity index (χ1n) is 3.41. The zero-order chi connectivity index (χ0) is 8.91. The fourth-order valence-electron chi connectivity index (χ4n) is 0.651. The Hall–Kier alpha value is -0.110. The average Bonchev–Trinajstić information content (AvgIpc) is 2.04. The highest BCUT2D eigenvalue weighted by Gasteiger charge is 2.22. The van der Waals surface area contributed by atoms with Crippen molar-refractivity contribution in [3.63, 3.8) is 0 Å². The molecule has 0 amide bonds. The van der Waals surface area contributed by atoms with E-state index in [2.05, 4.69) is 6.58 Å². The van der Waals surface area contributed by atoms with Gasteiger partial charge in [0.1, 0.15) is 0 Å². The SMILES string of the molecule is C=C[C@@H](C)CP(=O)(OC)OC. The van der Waals surface area contributed by atoms with Gasteiger partial charge in [-0.2, -0.15) is 0 Å². The lowest BCUT2D eigenvalue weighted by atomic mass is 10.2. The van der Waals surface area contributed by atoms with Gasteiger partial charge in [0.05, 0.1) is 6.16 Å².